The summed E-state index contributed by atoms with van der Waals surface area (Å²) in [6, 6.07) is 18.4. The van der Waals surface area contributed by atoms with Crippen molar-refractivity contribution in [1.29, 1.82) is 0 Å². The van der Waals surface area contributed by atoms with Crippen LogP contribution in [0.4, 0.5) is 0 Å². The molecule has 3 aromatic carbocycles. The molecule has 2 unspecified atom stereocenters. The number of rotatable bonds is 6. The lowest BCUT2D eigenvalue weighted by Gasteiger charge is -2.40. The predicted molar refractivity (Wildman–Crippen MR) is 142 cm³/mol. The maximum atomic E-state index is 13.5. The van der Waals surface area contributed by atoms with Gasteiger partial charge >= 0.3 is 0 Å². The Morgan fingerprint density at radius 2 is 1.82 bits per heavy atom. The van der Waals surface area contributed by atoms with Crippen molar-refractivity contribution in [2.24, 2.45) is 0 Å². The highest BCUT2D eigenvalue weighted by Gasteiger charge is 2.44. The molecule has 6 rings (SSSR count). The van der Waals surface area contributed by atoms with E-state index in [0.717, 1.165) is 27.4 Å². The lowest BCUT2D eigenvalue weighted by Crippen LogP contribution is -2.64. The van der Waals surface area contributed by atoms with Crippen molar-refractivity contribution in [3.63, 3.8) is 0 Å². The van der Waals surface area contributed by atoms with E-state index in [1.807, 2.05) is 41.0 Å². The average Bonchev–Trinajstić information content (AvgIpc) is 3.61. The SMILES string of the molecule is O=C(N[C@H]1C(O)O[C@H](CO)[C@@H](O)C1O)c1cn(Cc2ccc3ccccc3c2)c2cc(-c3ncco3)ccc12. The van der Waals surface area contributed by atoms with Crippen molar-refractivity contribution in [2.75, 3.05) is 6.61 Å². The fraction of sp³-hybridized carbons (Fsp3) is 0.241. The first-order valence-electron chi connectivity index (χ1n) is 12.5. The molecule has 10 nitrogen and oxygen atoms in total. The van der Waals surface area contributed by atoms with Crippen molar-refractivity contribution in [3.05, 3.63) is 90.4 Å². The topological polar surface area (TPSA) is 150 Å². The molecule has 0 spiro atoms. The number of ether oxygens (including phenoxy) is 1. The van der Waals surface area contributed by atoms with Gasteiger partial charge in [0.25, 0.3) is 5.91 Å². The molecule has 1 amide bonds. The van der Waals surface area contributed by atoms with Gasteiger partial charge in [-0.25, -0.2) is 4.98 Å². The van der Waals surface area contributed by atoms with Crippen LogP contribution in [0, 0.1) is 0 Å². The van der Waals surface area contributed by atoms with Crippen LogP contribution in [0.1, 0.15) is 15.9 Å². The van der Waals surface area contributed by atoms with Crippen LogP contribution in [-0.2, 0) is 11.3 Å². The number of hydrogen-bond donors (Lipinski definition) is 5. The Balaban J connectivity index is 1.37. The lowest BCUT2D eigenvalue weighted by atomic mass is 9.96. The van der Waals surface area contributed by atoms with Crippen LogP contribution in [0.5, 0.6) is 0 Å². The quantitative estimate of drug-likeness (QED) is 0.224. The highest BCUT2D eigenvalue weighted by molar-refractivity contribution is 6.07. The second-order valence-electron chi connectivity index (χ2n) is 9.65. The number of benzene rings is 3. The van der Waals surface area contributed by atoms with E-state index >= 15 is 0 Å². The molecule has 200 valence electrons. The van der Waals surface area contributed by atoms with Gasteiger partial charge in [0.05, 0.1) is 18.4 Å². The van der Waals surface area contributed by atoms with Gasteiger partial charge in [0.1, 0.15) is 30.6 Å². The van der Waals surface area contributed by atoms with Crippen LogP contribution >= 0.6 is 0 Å². The Labute approximate surface area is 222 Å². The van der Waals surface area contributed by atoms with E-state index in [0.29, 0.717) is 23.4 Å². The number of carbonyl (C=O) groups excluding carboxylic acids is 1. The molecule has 1 fully saturated rings. The van der Waals surface area contributed by atoms with Crippen LogP contribution in [0.25, 0.3) is 33.1 Å². The minimum absolute atomic E-state index is 0.308. The summed E-state index contributed by atoms with van der Waals surface area (Å²) in [5, 5.41) is 45.9. The third kappa shape index (κ3) is 4.69. The molecular formula is C29H27N3O7. The van der Waals surface area contributed by atoms with Crippen LogP contribution in [0.3, 0.4) is 0 Å². The summed E-state index contributed by atoms with van der Waals surface area (Å²) in [4.78, 5) is 17.7. The first-order valence-corrected chi connectivity index (χ1v) is 12.5. The zero-order valence-corrected chi connectivity index (χ0v) is 20.7. The van der Waals surface area contributed by atoms with Gasteiger partial charge in [0.2, 0.25) is 5.89 Å². The van der Waals surface area contributed by atoms with Crippen LogP contribution in [0.2, 0.25) is 0 Å². The summed E-state index contributed by atoms with van der Waals surface area (Å²) in [5.74, 6) is -0.123. The molecule has 39 heavy (non-hydrogen) atoms. The Morgan fingerprint density at radius 1 is 1.00 bits per heavy atom. The van der Waals surface area contributed by atoms with Gasteiger partial charge in [-0.15, -0.1) is 0 Å². The van der Waals surface area contributed by atoms with Gasteiger partial charge < -0.3 is 39.5 Å². The van der Waals surface area contributed by atoms with E-state index in [1.165, 1.54) is 6.26 Å². The average molecular weight is 530 g/mol. The van der Waals surface area contributed by atoms with E-state index < -0.39 is 43.2 Å². The van der Waals surface area contributed by atoms with Gasteiger partial charge in [0, 0.05) is 29.2 Å². The molecule has 5 N–H and O–H groups in total. The van der Waals surface area contributed by atoms with E-state index in [2.05, 4.69) is 22.4 Å². The zero-order chi connectivity index (χ0) is 27.1. The van der Waals surface area contributed by atoms with Gasteiger partial charge in [-0.3, -0.25) is 4.79 Å². The molecule has 1 saturated heterocycles. The predicted octanol–water partition coefficient (Wildman–Crippen LogP) is 2.03. The molecule has 10 heteroatoms. The minimum atomic E-state index is -1.62. The third-order valence-corrected chi connectivity index (χ3v) is 7.17. The maximum Gasteiger partial charge on any atom is 0.253 e. The summed E-state index contributed by atoms with van der Waals surface area (Å²) >= 11 is 0. The Kier molecular flexibility index (Phi) is 6.63. The van der Waals surface area contributed by atoms with Crippen molar-refractivity contribution in [2.45, 2.75) is 37.2 Å². The summed E-state index contributed by atoms with van der Waals surface area (Å²) in [7, 11) is 0. The molecule has 0 saturated carbocycles. The number of aliphatic hydroxyl groups excluding tert-OH is 4. The first kappa shape index (κ1) is 25.2. The van der Waals surface area contributed by atoms with E-state index in [1.54, 1.807) is 24.5 Å². The highest BCUT2D eigenvalue weighted by atomic mass is 16.6. The summed E-state index contributed by atoms with van der Waals surface area (Å²) in [6.45, 7) is -0.122. The van der Waals surface area contributed by atoms with Gasteiger partial charge in [-0.05, 0) is 34.5 Å². The molecule has 3 heterocycles. The number of aliphatic hydroxyl groups is 4. The second-order valence-corrected chi connectivity index (χ2v) is 9.65. The summed E-state index contributed by atoms with van der Waals surface area (Å²) in [6.07, 6.45) is -1.05. The van der Waals surface area contributed by atoms with Crippen LogP contribution in [-0.4, -0.2) is 73.1 Å². The fourth-order valence-electron chi connectivity index (χ4n) is 5.12. The number of aromatic nitrogens is 2. The van der Waals surface area contributed by atoms with Gasteiger partial charge in [0.15, 0.2) is 6.29 Å². The highest BCUT2D eigenvalue weighted by Crippen LogP contribution is 2.29. The summed E-state index contributed by atoms with van der Waals surface area (Å²) < 4.78 is 12.6. The number of hydrogen-bond acceptors (Lipinski definition) is 8. The lowest BCUT2D eigenvalue weighted by molar-refractivity contribution is -0.252. The number of nitrogens with one attached hydrogen (secondary N) is 1. The third-order valence-electron chi connectivity index (χ3n) is 7.17. The second kappa shape index (κ2) is 10.3. The van der Waals surface area contributed by atoms with Crippen LogP contribution < -0.4 is 5.32 Å². The standard InChI is InChI=1S/C29H27N3O7/c33-15-23-25(34)26(35)24(29(37)39-23)31-27(36)21-14-32(13-16-5-6-17-3-1-2-4-18(17)11-16)22-12-19(7-8-20(21)22)28-30-9-10-38-28/h1-12,14,23-26,29,33-35,37H,13,15H2,(H,31,36)/t23-,24-,25-,26?,29?/m1/s1. The van der Waals surface area contributed by atoms with E-state index in [9.17, 15) is 25.2 Å². The summed E-state index contributed by atoms with van der Waals surface area (Å²) in [5.41, 5.74) is 2.83. The fourth-order valence-corrected chi connectivity index (χ4v) is 5.12. The Morgan fingerprint density at radius 3 is 2.59 bits per heavy atom. The Bertz CT molecular complexity index is 1630. The number of fused-ring (bicyclic) bond motifs is 2. The molecule has 0 aliphatic carbocycles. The monoisotopic (exact) mass is 529 g/mol. The molecule has 2 aromatic heterocycles. The molecular weight excluding hydrogens is 502 g/mol. The number of nitrogens with zero attached hydrogens (tertiary/aromatic N) is 2. The zero-order valence-electron chi connectivity index (χ0n) is 20.7. The normalized spacial score (nSPS) is 23.3. The van der Waals surface area contributed by atoms with Crippen molar-refractivity contribution >= 4 is 27.6 Å². The molecule has 0 radical (unpaired) electrons. The minimum Gasteiger partial charge on any atom is -0.445 e. The molecule has 1 aliphatic heterocycles. The van der Waals surface area contributed by atoms with Crippen molar-refractivity contribution < 1.29 is 34.4 Å². The number of oxazole rings is 1. The van der Waals surface area contributed by atoms with Crippen molar-refractivity contribution in [1.82, 2.24) is 14.9 Å². The molecule has 1 aliphatic rings. The molecule has 5 aromatic rings. The number of amides is 1. The van der Waals surface area contributed by atoms with Crippen molar-refractivity contribution in [3.8, 4) is 11.5 Å². The maximum absolute atomic E-state index is 13.5. The number of carbonyl (C=O) groups is 1. The van der Waals surface area contributed by atoms with Crippen LogP contribution in [0.15, 0.2) is 83.7 Å². The Hall–Kier alpha value is -4.06. The largest absolute Gasteiger partial charge is 0.445 e. The smallest absolute Gasteiger partial charge is 0.253 e. The molecule has 5 atom stereocenters. The van der Waals surface area contributed by atoms with Gasteiger partial charge in [-0.1, -0.05) is 42.5 Å². The van der Waals surface area contributed by atoms with E-state index in [-0.39, 0.29) is 0 Å². The van der Waals surface area contributed by atoms with Gasteiger partial charge in [-0.2, -0.15) is 0 Å². The van der Waals surface area contributed by atoms with E-state index in [4.69, 9.17) is 9.15 Å². The first-order chi connectivity index (χ1) is 18.9. The molecule has 0 bridgehead atoms.